The van der Waals surface area contributed by atoms with E-state index in [1.165, 1.54) is 102 Å². The number of benzene rings is 3. The van der Waals surface area contributed by atoms with Crippen LogP contribution in [-0.2, 0) is 38.5 Å². The second-order valence-electron chi connectivity index (χ2n) is 12.1. The maximum Gasteiger partial charge on any atom is -0.0116 e. The summed E-state index contributed by atoms with van der Waals surface area (Å²) in [4.78, 5) is 0. The molecular weight excluding hydrogens is 511 g/mol. The summed E-state index contributed by atoms with van der Waals surface area (Å²) in [6.45, 7) is 16.5. The Balaban J connectivity index is 2.41. The molecule has 0 bridgehead atoms. The average molecular weight is 571 g/mol. The number of aryl methyl sites for hydroxylation is 3. The minimum absolute atomic E-state index is 0.642. The highest BCUT2D eigenvalue weighted by molar-refractivity contribution is 7.80. The van der Waals surface area contributed by atoms with Crippen LogP contribution in [0.2, 0.25) is 0 Å². The van der Waals surface area contributed by atoms with Gasteiger partial charge in [-0.05, 0) is 127 Å². The fraction of sp³-hybridized carbons (Fsp3) is 0.550. The summed E-state index contributed by atoms with van der Waals surface area (Å²) in [5.41, 5.74) is 11.5. The quantitative estimate of drug-likeness (QED) is 0.133. The lowest BCUT2D eigenvalue weighted by Gasteiger charge is -2.30. The third-order valence-corrected chi connectivity index (χ3v) is 11.5. The van der Waals surface area contributed by atoms with Gasteiger partial charge in [0.25, 0.3) is 0 Å². The first-order valence-electron chi connectivity index (χ1n) is 17.2. The van der Waals surface area contributed by atoms with Gasteiger partial charge in [0, 0.05) is 0 Å². The first-order valence-corrected chi connectivity index (χ1v) is 18.5. The molecule has 3 rings (SSSR count). The van der Waals surface area contributed by atoms with Crippen LogP contribution in [0.4, 0.5) is 0 Å². The summed E-state index contributed by atoms with van der Waals surface area (Å²) in [6.07, 6.45) is 18.5. The van der Waals surface area contributed by atoms with Gasteiger partial charge >= 0.3 is 0 Å². The van der Waals surface area contributed by atoms with Crippen LogP contribution in [0, 0.1) is 6.92 Å². The molecule has 0 saturated carbocycles. The Morgan fingerprint density at radius 3 is 1.44 bits per heavy atom. The average Bonchev–Trinajstić information content (AvgIpc) is 2.98. The molecule has 1 unspecified atom stereocenters. The third kappa shape index (κ3) is 8.57. The van der Waals surface area contributed by atoms with E-state index >= 15 is 0 Å². The molecule has 1 heteroatoms. The molecule has 0 fully saturated rings. The van der Waals surface area contributed by atoms with Gasteiger partial charge in [0.15, 0.2) is 0 Å². The van der Waals surface area contributed by atoms with Crippen LogP contribution in [0.25, 0.3) is 0 Å². The van der Waals surface area contributed by atoms with Crippen LogP contribution in [0.5, 0.6) is 0 Å². The maximum absolute atomic E-state index is 2.60. The van der Waals surface area contributed by atoms with E-state index in [1.54, 1.807) is 49.3 Å². The van der Waals surface area contributed by atoms with E-state index in [0.29, 0.717) is 0 Å². The summed E-state index contributed by atoms with van der Waals surface area (Å²) in [5.74, 6) is 0. The van der Waals surface area contributed by atoms with Crippen molar-refractivity contribution in [2.24, 2.45) is 0 Å². The van der Waals surface area contributed by atoms with Crippen LogP contribution >= 0.6 is 7.92 Å². The van der Waals surface area contributed by atoms with Crippen molar-refractivity contribution in [1.82, 2.24) is 0 Å². The smallest absolute Gasteiger partial charge is 0.0116 e. The molecule has 0 radical (unpaired) electrons. The molecule has 3 aromatic rings. The van der Waals surface area contributed by atoms with Crippen LogP contribution in [0.1, 0.15) is 138 Å². The second kappa shape index (κ2) is 17.9. The van der Waals surface area contributed by atoms with Gasteiger partial charge in [0.05, 0.1) is 0 Å². The first-order chi connectivity index (χ1) is 20.1. The van der Waals surface area contributed by atoms with E-state index in [9.17, 15) is 0 Å². The largest absolute Gasteiger partial charge is 0.0654 e. The van der Waals surface area contributed by atoms with Gasteiger partial charge in [-0.25, -0.2) is 0 Å². The molecule has 1 atom stereocenters. The summed E-state index contributed by atoms with van der Waals surface area (Å²) >= 11 is 0. The van der Waals surface area contributed by atoms with Crippen molar-refractivity contribution in [1.29, 1.82) is 0 Å². The standard InChI is InChI=1S/C40H59P/c1-8-14-23-33-28-30-40(37(25-16-10-3)35(33)24-15-9-2)41(38-26-18-17-22-31(38)7)39-29-27-32(19-11-4)34(20-12-5)36(39)21-13-6/h17-18,22,26-30H,8-16,19-21,23-25H2,1-7H3. The Kier molecular flexibility index (Phi) is 14.7. The first kappa shape index (κ1) is 33.6. The molecule has 0 heterocycles. The lowest BCUT2D eigenvalue weighted by molar-refractivity contribution is 0.737. The molecule has 0 spiro atoms. The van der Waals surface area contributed by atoms with Crippen LogP contribution in [0.3, 0.4) is 0 Å². The molecule has 0 nitrogen and oxygen atoms in total. The fourth-order valence-corrected chi connectivity index (χ4v) is 9.50. The topological polar surface area (TPSA) is 0 Å². The zero-order valence-corrected chi connectivity index (χ0v) is 28.6. The Hall–Kier alpha value is -1.91. The van der Waals surface area contributed by atoms with Gasteiger partial charge in [0.2, 0.25) is 0 Å². The van der Waals surface area contributed by atoms with Crippen molar-refractivity contribution < 1.29 is 0 Å². The monoisotopic (exact) mass is 570 g/mol. The molecule has 3 aromatic carbocycles. The van der Waals surface area contributed by atoms with E-state index in [0.717, 1.165) is 0 Å². The molecule has 224 valence electrons. The number of hydrogen-bond donors (Lipinski definition) is 0. The van der Waals surface area contributed by atoms with Gasteiger partial charge < -0.3 is 0 Å². The molecule has 0 saturated heterocycles. The van der Waals surface area contributed by atoms with Crippen molar-refractivity contribution in [3.8, 4) is 0 Å². The van der Waals surface area contributed by atoms with Gasteiger partial charge in [-0.2, -0.15) is 0 Å². The molecule has 0 N–H and O–H groups in total. The van der Waals surface area contributed by atoms with E-state index < -0.39 is 7.92 Å². The van der Waals surface area contributed by atoms with Crippen molar-refractivity contribution in [2.75, 3.05) is 0 Å². The highest BCUT2D eigenvalue weighted by Gasteiger charge is 2.27. The number of unbranched alkanes of at least 4 members (excludes halogenated alkanes) is 3. The SMILES string of the molecule is CCCCc1ccc(P(c2ccccc2C)c2ccc(CCC)c(CCC)c2CCC)c(CCCC)c1CCCC. The van der Waals surface area contributed by atoms with Crippen LogP contribution < -0.4 is 15.9 Å². The Bertz CT molecular complexity index is 1200. The molecule has 0 aromatic heterocycles. The maximum atomic E-state index is 2.60. The summed E-state index contributed by atoms with van der Waals surface area (Å²) in [5, 5.41) is 4.85. The van der Waals surface area contributed by atoms with Crippen LogP contribution in [0.15, 0.2) is 48.5 Å². The molecular formula is C40H59P. The summed E-state index contributed by atoms with van der Waals surface area (Å²) < 4.78 is 0. The lowest BCUT2D eigenvalue weighted by Crippen LogP contribution is -2.29. The van der Waals surface area contributed by atoms with Crippen molar-refractivity contribution in [3.05, 3.63) is 87.5 Å². The highest BCUT2D eigenvalue weighted by Crippen LogP contribution is 2.40. The number of rotatable bonds is 18. The van der Waals surface area contributed by atoms with Crippen molar-refractivity contribution in [2.45, 2.75) is 145 Å². The predicted molar refractivity (Wildman–Crippen MR) is 188 cm³/mol. The Morgan fingerprint density at radius 1 is 0.415 bits per heavy atom. The van der Waals surface area contributed by atoms with Crippen LogP contribution in [-0.4, -0.2) is 0 Å². The summed E-state index contributed by atoms with van der Waals surface area (Å²) in [6, 6.07) is 19.6. The normalized spacial score (nSPS) is 12.2. The summed E-state index contributed by atoms with van der Waals surface area (Å²) in [7, 11) is -0.642. The zero-order valence-electron chi connectivity index (χ0n) is 27.7. The highest BCUT2D eigenvalue weighted by atomic mass is 31.1. The van der Waals surface area contributed by atoms with Crippen molar-refractivity contribution in [3.63, 3.8) is 0 Å². The van der Waals surface area contributed by atoms with E-state index in [1.807, 2.05) is 0 Å². The number of hydrogen-bond acceptors (Lipinski definition) is 0. The van der Waals surface area contributed by atoms with Gasteiger partial charge in [-0.1, -0.05) is 129 Å². The van der Waals surface area contributed by atoms with Crippen molar-refractivity contribution >= 4 is 23.8 Å². The van der Waals surface area contributed by atoms with E-state index in [-0.39, 0.29) is 0 Å². The van der Waals surface area contributed by atoms with Gasteiger partial charge in [0.1, 0.15) is 0 Å². The van der Waals surface area contributed by atoms with Gasteiger partial charge in [-0.15, -0.1) is 0 Å². The van der Waals surface area contributed by atoms with E-state index in [2.05, 4.69) is 97.0 Å². The second-order valence-corrected chi connectivity index (χ2v) is 14.2. The lowest BCUT2D eigenvalue weighted by atomic mass is 9.91. The minimum Gasteiger partial charge on any atom is -0.0654 e. The predicted octanol–water partition coefficient (Wildman–Crippen LogP) is 10.6. The Morgan fingerprint density at radius 2 is 0.878 bits per heavy atom. The zero-order chi connectivity index (χ0) is 29.6. The molecule has 0 amide bonds. The van der Waals surface area contributed by atoms with E-state index in [4.69, 9.17) is 0 Å². The molecule has 0 aliphatic rings. The minimum atomic E-state index is -0.642. The molecule has 0 aliphatic heterocycles. The third-order valence-electron chi connectivity index (χ3n) is 8.72. The molecule has 41 heavy (non-hydrogen) atoms. The fourth-order valence-electron chi connectivity index (χ4n) is 6.57. The van der Waals surface area contributed by atoms with Gasteiger partial charge in [-0.3, -0.25) is 0 Å². The Labute approximate surface area is 255 Å². The molecule has 0 aliphatic carbocycles.